The highest BCUT2D eigenvalue weighted by atomic mass is 16.5. The molecule has 2 aromatic heterocycles. The van der Waals surface area contributed by atoms with Gasteiger partial charge in [-0.3, -0.25) is 9.69 Å². The maximum absolute atomic E-state index is 12.8. The Hall–Kier alpha value is -2.77. The van der Waals surface area contributed by atoms with E-state index in [1.54, 1.807) is 10.7 Å². The third-order valence-electron chi connectivity index (χ3n) is 6.46. The number of aromatic nitrogens is 3. The fourth-order valence-corrected chi connectivity index (χ4v) is 4.64. The molecule has 0 atom stereocenters. The predicted octanol–water partition coefficient (Wildman–Crippen LogP) is 2.92. The van der Waals surface area contributed by atoms with Gasteiger partial charge in [0, 0.05) is 44.0 Å². The first-order valence-corrected chi connectivity index (χ1v) is 11.3. The fraction of sp³-hybridized carbons (Fsp3) is 0.480. The van der Waals surface area contributed by atoms with E-state index in [4.69, 9.17) is 9.72 Å². The zero-order chi connectivity index (χ0) is 22.8. The molecule has 0 radical (unpaired) electrons. The van der Waals surface area contributed by atoms with E-state index >= 15 is 0 Å². The van der Waals surface area contributed by atoms with Crippen LogP contribution >= 0.6 is 0 Å². The minimum absolute atomic E-state index is 0.127. The van der Waals surface area contributed by atoms with Gasteiger partial charge in [-0.15, -0.1) is 0 Å². The van der Waals surface area contributed by atoms with Gasteiger partial charge < -0.3 is 10.1 Å². The lowest BCUT2D eigenvalue weighted by molar-refractivity contribution is 0.0383. The van der Waals surface area contributed by atoms with Gasteiger partial charge in [0.25, 0.3) is 5.91 Å². The van der Waals surface area contributed by atoms with Crippen LogP contribution in [0.4, 0.5) is 0 Å². The second-order valence-corrected chi connectivity index (χ2v) is 8.82. The van der Waals surface area contributed by atoms with Crippen LogP contribution in [0.15, 0.2) is 18.3 Å². The lowest BCUT2D eigenvalue weighted by Crippen LogP contribution is -2.41. The number of hydrogen-bond acceptors (Lipinski definition) is 5. The molecule has 1 saturated heterocycles. The topological polar surface area (TPSA) is 71.8 Å². The first-order chi connectivity index (χ1) is 15.3. The molecule has 1 aliphatic rings. The number of fused-ring (bicyclic) bond motifs is 1. The van der Waals surface area contributed by atoms with Crippen LogP contribution in [0.3, 0.4) is 0 Å². The molecule has 0 bridgehead atoms. The van der Waals surface area contributed by atoms with Crippen LogP contribution in [-0.2, 0) is 11.2 Å². The number of amides is 1. The van der Waals surface area contributed by atoms with Crippen LogP contribution in [0.2, 0.25) is 0 Å². The standard InChI is InChI=1S/C25H33N5O2/c1-16-12-17(2)21(18(3)13-16)14-22-19(4)28-24-23(15-27-30(24)20(22)5)25(31)26-6-7-29-8-10-32-11-9-29/h12-13,15H,6-11,14H2,1-5H3,(H,26,31). The molecule has 1 amide bonds. The van der Waals surface area contributed by atoms with Crippen LogP contribution in [0, 0.1) is 34.6 Å². The van der Waals surface area contributed by atoms with E-state index in [0.29, 0.717) is 17.8 Å². The van der Waals surface area contributed by atoms with Crippen LogP contribution in [-0.4, -0.2) is 64.8 Å². The first-order valence-electron chi connectivity index (χ1n) is 11.3. The highest BCUT2D eigenvalue weighted by Crippen LogP contribution is 2.24. The normalized spacial score (nSPS) is 14.8. The molecule has 3 heterocycles. The summed E-state index contributed by atoms with van der Waals surface area (Å²) in [6.45, 7) is 15.3. The quantitative estimate of drug-likeness (QED) is 0.645. The summed E-state index contributed by atoms with van der Waals surface area (Å²) in [5, 5.41) is 7.53. The highest BCUT2D eigenvalue weighted by molar-refractivity contribution is 5.99. The summed E-state index contributed by atoms with van der Waals surface area (Å²) in [4.78, 5) is 19.9. The molecule has 0 aliphatic carbocycles. The SMILES string of the molecule is Cc1cc(C)c(Cc2c(C)nc3c(C(=O)NCCN4CCOCC4)cnn3c2C)c(C)c1. The zero-order valence-electron chi connectivity index (χ0n) is 19.8. The van der Waals surface area contributed by atoms with E-state index < -0.39 is 0 Å². The second-order valence-electron chi connectivity index (χ2n) is 8.82. The summed E-state index contributed by atoms with van der Waals surface area (Å²) < 4.78 is 7.18. The second kappa shape index (κ2) is 9.38. The van der Waals surface area contributed by atoms with Crippen molar-refractivity contribution in [2.75, 3.05) is 39.4 Å². The molecule has 0 unspecified atom stereocenters. The van der Waals surface area contributed by atoms with Gasteiger partial charge in [-0.25, -0.2) is 9.50 Å². The van der Waals surface area contributed by atoms with Crippen molar-refractivity contribution in [3.05, 3.63) is 63.1 Å². The Morgan fingerprint density at radius 1 is 1.06 bits per heavy atom. The molecule has 1 fully saturated rings. The highest BCUT2D eigenvalue weighted by Gasteiger charge is 2.19. The number of morpholine rings is 1. The van der Waals surface area contributed by atoms with E-state index in [9.17, 15) is 4.79 Å². The van der Waals surface area contributed by atoms with Gasteiger partial charge in [0.15, 0.2) is 5.65 Å². The van der Waals surface area contributed by atoms with E-state index in [2.05, 4.69) is 55.1 Å². The smallest absolute Gasteiger partial charge is 0.256 e. The average molecular weight is 436 g/mol. The van der Waals surface area contributed by atoms with E-state index in [0.717, 1.165) is 56.2 Å². The summed E-state index contributed by atoms with van der Waals surface area (Å²) >= 11 is 0. The molecule has 1 aromatic carbocycles. The van der Waals surface area contributed by atoms with Crippen LogP contribution in [0.5, 0.6) is 0 Å². The molecule has 170 valence electrons. The number of rotatable bonds is 6. The third kappa shape index (κ3) is 4.54. The van der Waals surface area contributed by atoms with Crippen molar-refractivity contribution in [2.45, 2.75) is 41.0 Å². The Morgan fingerprint density at radius 2 is 1.75 bits per heavy atom. The number of benzene rings is 1. The van der Waals surface area contributed by atoms with Crippen molar-refractivity contribution < 1.29 is 9.53 Å². The van der Waals surface area contributed by atoms with Gasteiger partial charge in [-0.05, 0) is 56.9 Å². The molecule has 3 aromatic rings. The minimum Gasteiger partial charge on any atom is -0.379 e. The number of aryl methyl sites for hydroxylation is 5. The lowest BCUT2D eigenvalue weighted by atomic mass is 9.93. The van der Waals surface area contributed by atoms with E-state index in [1.807, 2.05) is 6.92 Å². The van der Waals surface area contributed by atoms with Gasteiger partial charge in [-0.2, -0.15) is 5.10 Å². The molecular weight excluding hydrogens is 402 g/mol. The lowest BCUT2D eigenvalue weighted by Gasteiger charge is -2.26. The Kier molecular flexibility index (Phi) is 6.58. The van der Waals surface area contributed by atoms with Crippen molar-refractivity contribution in [2.24, 2.45) is 0 Å². The van der Waals surface area contributed by atoms with Gasteiger partial charge >= 0.3 is 0 Å². The first kappa shape index (κ1) is 22.4. The molecule has 1 N–H and O–H groups in total. The van der Waals surface area contributed by atoms with Gasteiger partial charge in [0.05, 0.1) is 19.4 Å². The van der Waals surface area contributed by atoms with Crippen molar-refractivity contribution >= 4 is 11.6 Å². The summed E-state index contributed by atoms with van der Waals surface area (Å²) in [6, 6.07) is 4.46. The van der Waals surface area contributed by atoms with Crippen molar-refractivity contribution in [3.63, 3.8) is 0 Å². The molecule has 4 rings (SSSR count). The van der Waals surface area contributed by atoms with Crippen LogP contribution in [0.1, 0.15) is 49.6 Å². The van der Waals surface area contributed by atoms with Crippen molar-refractivity contribution in [1.82, 2.24) is 24.8 Å². The Bertz CT molecular complexity index is 1120. The number of ether oxygens (including phenoxy) is 1. The largest absolute Gasteiger partial charge is 0.379 e. The van der Waals surface area contributed by atoms with Gasteiger partial charge in [-0.1, -0.05) is 17.7 Å². The summed E-state index contributed by atoms with van der Waals surface area (Å²) in [7, 11) is 0. The monoisotopic (exact) mass is 435 g/mol. The average Bonchev–Trinajstić information content (AvgIpc) is 3.17. The third-order valence-corrected chi connectivity index (χ3v) is 6.46. The summed E-state index contributed by atoms with van der Waals surface area (Å²) in [5.41, 5.74) is 9.46. The van der Waals surface area contributed by atoms with E-state index in [-0.39, 0.29) is 5.91 Å². The Morgan fingerprint density at radius 3 is 2.44 bits per heavy atom. The number of carbonyl (C=O) groups excluding carboxylic acids is 1. The van der Waals surface area contributed by atoms with Crippen LogP contribution < -0.4 is 5.32 Å². The molecular formula is C25H33N5O2. The number of nitrogens with one attached hydrogen (secondary N) is 1. The minimum atomic E-state index is -0.127. The van der Waals surface area contributed by atoms with Crippen molar-refractivity contribution in [3.8, 4) is 0 Å². The summed E-state index contributed by atoms with van der Waals surface area (Å²) in [6.07, 6.45) is 2.44. The van der Waals surface area contributed by atoms with Gasteiger partial charge in [0.1, 0.15) is 5.56 Å². The maximum Gasteiger partial charge on any atom is 0.256 e. The Balaban J connectivity index is 1.54. The predicted molar refractivity (Wildman–Crippen MR) is 126 cm³/mol. The molecule has 0 spiro atoms. The maximum atomic E-state index is 12.8. The number of nitrogens with zero attached hydrogens (tertiary/aromatic N) is 4. The molecule has 1 aliphatic heterocycles. The number of hydrogen-bond donors (Lipinski definition) is 1. The zero-order valence-corrected chi connectivity index (χ0v) is 19.8. The van der Waals surface area contributed by atoms with Crippen molar-refractivity contribution in [1.29, 1.82) is 0 Å². The summed E-state index contributed by atoms with van der Waals surface area (Å²) in [5.74, 6) is -0.127. The van der Waals surface area contributed by atoms with E-state index in [1.165, 1.54) is 22.3 Å². The molecule has 32 heavy (non-hydrogen) atoms. The molecule has 0 saturated carbocycles. The van der Waals surface area contributed by atoms with Crippen LogP contribution in [0.25, 0.3) is 5.65 Å². The molecule has 7 heteroatoms. The fourth-order valence-electron chi connectivity index (χ4n) is 4.64. The number of carbonyl (C=O) groups is 1. The Labute approximate surface area is 189 Å². The molecule has 7 nitrogen and oxygen atoms in total. The van der Waals surface area contributed by atoms with Gasteiger partial charge in [0.2, 0.25) is 0 Å².